The van der Waals surface area contributed by atoms with Gasteiger partial charge in [0.15, 0.2) is 0 Å². The molecule has 0 aromatic heterocycles. The Hall–Kier alpha value is -2.43. The summed E-state index contributed by atoms with van der Waals surface area (Å²) in [6.45, 7) is -0.594. The number of nitrogens with zero attached hydrogens (tertiary/aromatic N) is 1. The van der Waals surface area contributed by atoms with Gasteiger partial charge >= 0.3 is 0 Å². The van der Waals surface area contributed by atoms with E-state index in [0.717, 1.165) is 11.3 Å². The van der Waals surface area contributed by atoms with Crippen molar-refractivity contribution >= 4 is 11.9 Å². The second-order valence-electron chi connectivity index (χ2n) is 4.01. The van der Waals surface area contributed by atoms with Crippen molar-refractivity contribution in [3.8, 4) is 5.75 Å². The predicted molar refractivity (Wildman–Crippen MR) is 75.6 cm³/mol. The van der Waals surface area contributed by atoms with Crippen LogP contribution in [0.1, 0.15) is 5.56 Å². The smallest absolute Gasteiger partial charge is 0.272 e. The van der Waals surface area contributed by atoms with E-state index in [2.05, 4.69) is 10.5 Å². The van der Waals surface area contributed by atoms with Gasteiger partial charge in [0.2, 0.25) is 0 Å². The lowest BCUT2D eigenvalue weighted by molar-refractivity contribution is 0.0819. The van der Waals surface area contributed by atoms with Crippen LogP contribution in [0.15, 0.2) is 59.7 Å². The molecule has 0 aliphatic carbocycles. The fraction of sp³-hybridized carbons (Fsp3) is 0.133. The number of para-hydroxylation sites is 1. The SMILES string of the molecule is FC(F)COc1ccc(C=NNc2ccccc2)cc1. The van der Waals surface area contributed by atoms with E-state index in [1.165, 1.54) is 0 Å². The van der Waals surface area contributed by atoms with Crippen molar-refractivity contribution < 1.29 is 13.5 Å². The monoisotopic (exact) mass is 276 g/mol. The number of benzene rings is 2. The summed E-state index contributed by atoms with van der Waals surface area (Å²) in [4.78, 5) is 0. The molecule has 1 N–H and O–H groups in total. The standard InChI is InChI=1S/C15H14F2N2O/c16-15(17)11-20-14-8-6-12(7-9-14)10-18-19-13-4-2-1-3-5-13/h1-10,15,19H,11H2. The van der Waals surface area contributed by atoms with E-state index in [0.29, 0.717) is 5.75 Å². The minimum Gasteiger partial charge on any atom is -0.488 e. The molecule has 0 fully saturated rings. The van der Waals surface area contributed by atoms with Gasteiger partial charge in [-0.3, -0.25) is 5.43 Å². The van der Waals surface area contributed by atoms with Gasteiger partial charge < -0.3 is 4.74 Å². The van der Waals surface area contributed by atoms with Gasteiger partial charge in [0, 0.05) is 0 Å². The first kappa shape index (κ1) is 14.0. The van der Waals surface area contributed by atoms with E-state index >= 15 is 0 Å². The number of hydrogen-bond acceptors (Lipinski definition) is 3. The van der Waals surface area contributed by atoms with Crippen molar-refractivity contribution in [3.05, 3.63) is 60.2 Å². The highest BCUT2D eigenvalue weighted by Gasteiger charge is 2.02. The molecule has 0 amide bonds. The minimum atomic E-state index is -2.47. The Morgan fingerprint density at radius 3 is 2.40 bits per heavy atom. The zero-order chi connectivity index (χ0) is 14.2. The third-order valence-corrected chi connectivity index (χ3v) is 2.44. The topological polar surface area (TPSA) is 33.6 Å². The molecule has 2 aromatic carbocycles. The van der Waals surface area contributed by atoms with Gasteiger partial charge in [-0.2, -0.15) is 5.10 Å². The number of hydrogen-bond donors (Lipinski definition) is 1. The summed E-state index contributed by atoms with van der Waals surface area (Å²) < 4.78 is 28.8. The van der Waals surface area contributed by atoms with Crippen molar-refractivity contribution in [2.75, 3.05) is 12.0 Å². The van der Waals surface area contributed by atoms with Gasteiger partial charge in [0.05, 0.1) is 11.9 Å². The molecule has 0 aliphatic heterocycles. The van der Waals surface area contributed by atoms with E-state index in [4.69, 9.17) is 4.74 Å². The highest BCUT2D eigenvalue weighted by molar-refractivity contribution is 5.80. The van der Waals surface area contributed by atoms with Crippen molar-refractivity contribution in [1.82, 2.24) is 0 Å². The Morgan fingerprint density at radius 1 is 1.05 bits per heavy atom. The first-order valence-electron chi connectivity index (χ1n) is 6.09. The van der Waals surface area contributed by atoms with E-state index in [1.54, 1.807) is 30.5 Å². The zero-order valence-corrected chi connectivity index (χ0v) is 10.7. The summed E-state index contributed by atoms with van der Waals surface area (Å²) in [5.41, 5.74) is 4.62. The maximum absolute atomic E-state index is 12.0. The van der Waals surface area contributed by atoms with Crippen LogP contribution >= 0.6 is 0 Å². The highest BCUT2D eigenvalue weighted by atomic mass is 19.3. The lowest BCUT2D eigenvalue weighted by Gasteiger charge is -2.05. The Bertz CT molecular complexity index is 542. The molecule has 0 spiro atoms. The van der Waals surface area contributed by atoms with E-state index < -0.39 is 13.0 Å². The number of halogens is 2. The van der Waals surface area contributed by atoms with Crippen molar-refractivity contribution in [2.45, 2.75) is 6.43 Å². The molecule has 20 heavy (non-hydrogen) atoms. The molecule has 0 heterocycles. The molecule has 0 saturated carbocycles. The Labute approximate surface area is 115 Å². The lowest BCUT2D eigenvalue weighted by Crippen LogP contribution is -2.06. The maximum Gasteiger partial charge on any atom is 0.272 e. The number of ether oxygens (including phenoxy) is 1. The van der Waals surface area contributed by atoms with Crippen molar-refractivity contribution in [2.24, 2.45) is 5.10 Å². The summed E-state index contributed by atoms with van der Waals surface area (Å²) in [7, 11) is 0. The molecular weight excluding hydrogens is 262 g/mol. The highest BCUT2D eigenvalue weighted by Crippen LogP contribution is 2.12. The predicted octanol–water partition coefficient (Wildman–Crippen LogP) is 3.78. The second kappa shape index (κ2) is 7.23. The molecule has 2 rings (SSSR count). The Balaban J connectivity index is 1.87. The first-order valence-corrected chi connectivity index (χ1v) is 6.09. The first-order chi connectivity index (χ1) is 9.74. The summed E-state index contributed by atoms with van der Waals surface area (Å²) >= 11 is 0. The van der Waals surface area contributed by atoms with E-state index in [1.807, 2.05) is 30.3 Å². The Kier molecular flexibility index (Phi) is 5.06. The molecule has 2 aromatic rings. The van der Waals surface area contributed by atoms with E-state index in [-0.39, 0.29) is 0 Å². The quantitative estimate of drug-likeness (QED) is 0.643. The molecule has 3 nitrogen and oxygen atoms in total. The van der Waals surface area contributed by atoms with E-state index in [9.17, 15) is 8.78 Å². The average Bonchev–Trinajstić information content (AvgIpc) is 2.47. The fourth-order valence-corrected chi connectivity index (χ4v) is 1.50. The van der Waals surface area contributed by atoms with Crippen molar-refractivity contribution in [3.63, 3.8) is 0 Å². The summed E-state index contributed by atoms with van der Waals surface area (Å²) in [6, 6.07) is 16.3. The molecule has 0 bridgehead atoms. The number of alkyl halides is 2. The third kappa shape index (κ3) is 4.68. The minimum absolute atomic E-state index is 0.415. The normalized spacial score (nSPS) is 10.9. The third-order valence-electron chi connectivity index (χ3n) is 2.44. The summed E-state index contributed by atoms with van der Waals surface area (Å²) in [5.74, 6) is 0.415. The Morgan fingerprint density at radius 2 is 1.75 bits per heavy atom. The molecule has 0 atom stereocenters. The molecule has 0 aliphatic rings. The molecule has 104 valence electrons. The van der Waals surface area contributed by atoms with Crippen LogP contribution in [0.3, 0.4) is 0 Å². The molecule has 0 saturated heterocycles. The van der Waals surface area contributed by atoms with Crippen LogP contribution < -0.4 is 10.2 Å². The lowest BCUT2D eigenvalue weighted by atomic mass is 10.2. The van der Waals surface area contributed by atoms with Crippen LogP contribution in [0.5, 0.6) is 5.75 Å². The van der Waals surface area contributed by atoms with Gasteiger partial charge in [0.1, 0.15) is 12.4 Å². The van der Waals surface area contributed by atoms with Gasteiger partial charge in [-0.25, -0.2) is 8.78 Å². The molecule has 0 unspecified atom stereocenters. The summed E-state index contributed by atoms with van der Waals surface area (Å²) in [6.07, 6.45) is -0.824. The average molecular weight is 276 g/mol. The number of rotatable bonds is 6. The van der Waals surface area contributed by atoms with Crippen LogP contribution in [-0.2, 0) is 0 Å². The molecular formula is C15H14F2N2O. The molecule has 0 radical (unpaired) electrons. The van der Waals surface area contributed by atoms with Crippen LogP contribution in [0.2, 0.25) is 0 Å². The van der Waals surface area contributed by atoms with Gasteiger partial charge in [-0.1, -0.05) is 18.2 Å². The summed E-state index contributed by atoms with van der Waals surface area (Å²) in [5, 5.41) is 4.08. The van der Waals surface area contributed by atoms with Crippen LogP contribution in [0, 0.1) is 0 Å². The van der Waals surface area contributed by atoms with Crippen molar-refractivity contribution in [1.29, 1.82) is 0 Å². The van der Waals surface area contributed by atoms with Gasteiger partial charge in [0.25, 0.3) is 6.43 Å². The number of nitrogens with one attached hydrogen (secondary N) is 1. The molecule has 5 heteroatoms. The number of anilines is 1. The van der Waals surface area contributed by atoms with Gasteiger partial charge in [-0.05, 0) is 42.0 Å². The number of hydrazone groups is 1. The maximum atomic E-state index is 12.0. The van der Waals surface area contributed by atoms with Gasteiger partial charge in [-0.15, -0.1) is 0 Å². The second-order valence-corrected chi connectivity index (χ2v) is 4.01. The van der Waals surface area contributed by atoms with Crippen LogP contribution in [0.4, 0.5) is 14.5 Å². The fourth-order valence-electron chi connectivity index (χ4n) is 1.50. The van der Waals surface area contributed by atoms with Crippen LogP contribution in [0.25, 0.3) is 0 Å². The zero-order valence-electron chi connectivity index (χ0n) is 10.7. The largest absolute Gasteiger partial charge is 0.488 e. The van der Waals surface area contributed by atoms with Crippen LogP contribution in [-0.4, -0.2) is 19.2 Å².